The molecule has 5 aromatic rings. The van der Waals surface area contributed by atoms with Crippen LogP contribution in [-0.2, 0) is 20.0 Å². The summed E-state index contributed by atoms with van der Waals surface area (Å²) in [7, 11) is 2.07. The number of hydrogen-bond donors (Lipinski definition) is 1. The number of fused-ring (bicyclic) bond motifs is 2. The lowest BCUT2D eigenvalue weighted by molar-refractivity contribution is 0.0746. The molecule has 0 atom stereocenters. The molecule has 0 radical (unpaired) electrons. The Morgan fingerprint density at radius 2 is 1.91 bits per heavy atom. The fourth-order valence-electron chi connectivity index (χ4n) is 4.41. The van der Waals surface area contributed by atoms with Crippen LogP contribution in [0.5, 0.6) is 0 Å². The normalized spacial score (nSPS) is 11.5. The summed E-state index contributed by atoms with van der Waals surface area (Å²) >= 11 is 1.48. The summed E-state index contributed by atoms with van der Waals surface area (Å²) in [6.07, 6.45) is 2.85. The van der Waals surface area contributed by atoms with Crippen LogP contribution in [0.4, 0.5) is 0 Å². The number of rotatable bonds is 6. The lowest BCUT2D eigenvalue weighted by atomic mass is 10.1. The fraction of sp³-hybridized carbons (Fsp3) is 0.231. The van der Waals surface area contributed by atoms with E-state index >= 15 is 0 Å². The molecule has 3 heterocycles. The van der Waals surface area contributed by atoms with E-state index in [1.54, 1.807) is 0 Å². The monoisotopic (exact) mass is 442 g/mol. The highest BCUT2D eigenvalue weighted by Gasteiger charge is 2.22. The van der Waals surface area contributed by atoms with E-state index in [0.717, 1.165) is 33.2 Å². The van der Waals surface area contributed by atoms with Crippen LogP contribution in [0, 0.1) is 13.8 Å². The van der Waals surface area contributed by atoms with E-state index in [-0.39, 0.29) is 5.91 Å². The van der Waals surface area contributed by atoms with E-state index in [1.165, 1.54) is 33.2 Å². The minimum Gasteiger partial charge on any atom is -0.361 e. The van der Waals surface area contributed by atoms with Gasteiger partial charge in [-0.3, -0.25) is 4.79 Å². The first-order valence-corrected chi connectivity index (χ1v) is 11.6. The highest BCUT2D eigenvalue weighted by molar-refractivity contribution is 7.13. The molecular formula is C26H26N4OS. The minimum atomic E-state index is 0.0539. The molecule has 5 rings (SSSR count). The molecule has 0 bridgehead atoms. The Morgan fingerprint density at radius 3 is 2.69 bits per heavy atom. The van der Waals surface area contributed by atoms with Crippen molar-refractivity contribution in [3.8, 4) is 0 Å². The number of benzene rings is 2. The van der Waals surface area contributed by atoms with Gasteiger partial charge < -0.3 is 14.5 Å². The number of para-hydroxylation sites is 2. The van der Waals surface area contributed by atoms with Gasteiger partial charge >= 0.3 is 0 Å². The molecular weight excluding hydrogens is 416 g/mol. The van der Waals surface area contributed by atoms with Gasteiger partial charge in [-0.15, -0.1) is 11.3 Å². The Morgan fingerprint density at radius 1 is 1.12 bits per heavy atom. The maximum Gasteiger partial charge on any atom is 0.266 e. The summed E-state index contributed by atoms with van der Waals surface area (Å²) in [5.41, 5.74) is 5.47. The maximum atomic E-state index is 13.6. The van der Waals surface area contributed by atoms with Gasteiger partial charge in [-0.2, -0.15) is 0 Å². The van der Waals surface area contributed by atoms with Crippen molar-refractivity contribution in [1.82, 2.24) is 19.4 Å². The third kappa shape index (κ3) is 3.71. The molecule has 0 saturated carbocycles. The van der Waals surface area contributed by atoms with Crippen molar-refractivity contribution in [3.63, 3.8) is 0 Å². The largest absolute Gasteiger partial charge is 0.361 e. The van der Waals surface area contributed by atoms with Gasteiger partial charge in [0.2, 0.25) is 0 Å². The molecule has 162 valence electrons. The number of H-pyrrole nitrogens is 1. The van der Waals surface area contributed by atoms with Crippen molar-refractivity contribution in [2.75, 3.05) is 6.54 Å². The first-order valence-electron chi connectivity index (χ1n) is 10.8. The molecule has 3 aromatic heterocycles. The fourth-order valence-corrected chi connectivity index (χ4v) is 5.30. The van der Waals surface area contributed by atoms with Crippen LogP contribution in [0.15, 0.2) is 60.8 Å². The summed E-state index contributed by atoms with van der Waals surface area (Å²) in [4.78, 5) is 24.1. The zero-order chi connectivity index (χ0) is 22.2. The summed E-state index contributed by atoms with van der Waals surface area (Å²) in [5.74, 6) is 0.0539. The maximum absolute atomic E-state index is 13.6. The van der Waals surface area contributed by atoms with Gasteiger partial charge in [0.25, 0.3) is 5.91 Å². The van der Waals surface area contributed by atoms with Gasteiger partial charge in [0, 0.05) is 41.9 Å². The lowest BCUT2D eigenvalue weighted by Gasteiger charge is -2.23. The molecule has 32 heavy (non-hydrogen) atoms. The Kier molecular flexibility index (Phi) is 5.31. The number of aromatic nitrogens is 3. The minimum absolute atomic E-state index is 0.0539. The standard InChI is InChI=1S/C26H26N4OS/c1-17-25(32-18(2)28-17)26(31)30(13-12-20-15-27-23-10-6-5-9-22(20)23)16-21-14-19-8-4-7-11-24(19)29(21)3/h4-11,14-15,27H,12-13,16H2,1-3H3. The molecule has 0 fully saturated rings. The molecule has 0 unspecified atom stereocenters. The van der Waals surface area contributed by atoms with Crippen molar-refractivity contribution in [2.24, 2.45) is 7.05 Å². The third-order valence-corrected chi connectivity index (χ3v) is 7.18. The zero-order valence-electron chi connectivity index (χ0n) is 18.6. The van der Waals surface area contributed by atoms with Crippen molar-refractivity contribution in [1.29, 1.82) is 0 Å². The number of aryl methyl sites for hydroxylation is 3. The number of nitrogens with zero attached hydrogens (tertiary/aromatic N) is 3. The average Bonchev–Trinajstić information content (AvgIpc) is 3.46. The molecule has 6 heteroatoms. The van der Waals surface area contributed by atoms with Gasteiger partial charge in [-0.25, -0.2) is 4.98 Å². The van der Waals surface area contributed by atoms with Crippen LogP contribution in [0.1, 0.15) is 31.6 Å². The molecule has 0 aliphatic rings. The summed E-state index contributed by atoms with van der Waals surface area (Å²) in [6, 6.07) is 18.8. The second-order valence-corrected chi connectivity index (χ2v) is 9.44. The first kappa shape index (κ1) is 20.5. The van der Waals surface area contributed by atoms with Crippen LogP contribution in [0.3, 0.4) is 0 Å². The number of thiazole rings is 1. The van der Waals surface area contributed by atoms with Gasteiger partial charge in [0.1, 0.15) is 4.88 Å². The second kappa shape index (κ2) is 8.28. The van der Waals surface area contributed by atoms with Gasteiger partial charge in [0.15, 0.2) is 0 Å². The van der Waals surface area contributed by atoms with Crippen molar-refractivity contribution < 1.29 is 4.79 Å². The number of carbonyl (C=O) groups is 1. The molecule has 0 saturated heterocycles. The summed E-state index contributed by atoms with van der Waals surface area (Å²) in [5, 5.41) is 3.33. The van der Waals surface area contributed by atoms with E-state index < -0.39 is 0 Å². The Labute approximate surface area is 191 Å². The zero-order valence-corrected chi connectivity index (χ0v) is 19.4. The van der Waals surface area contributed by atoms with Crippen LogP contribution < -0.4 is 0 Å². The van der Waals surface area contributed by atoms with Gasteiger partial charge in [-0.1, -0.05) is 36.4 Å². The Hall–Kier alpha value is -3.38. The Balaban J connectivity index is 1.47. The highest BCUT2D eigenvalue weighted by Crippen LogP contribution is 2.24. The number of hydrogen-bond acceptors (Lipinski definition) is 3. The summed E-state index contributed by atoms with van der Waals surface area (Å²) in [6.45, 7) is 5.07. The molecule has 0 spiro atoms. The molecule has 0 aliphatic heterocycles. The smallest absolute Gasteiger partial charge is 0.266 e. The Bertz CT molecular complexity index is 1420. The van der Waals surface area contributed by atoms with Gasteiger partial charge in [0.05, 0.1) is 17.2 Å². The summed E-state index contributed by atoms with van der Waals surface area (Å²) < 4.78 is 2.19. The van der Waals surface area contributed by atoms with Crippen LogP contribution in [0.25, 0.3) is 21.8 Å². The topological polar surface area (TPSA) is 53.9 Å². The third-order valence-electron chi connectivity index (χ3n) is 6.11. The van der Waals surface area contributed by atoms with E-state index in [4.69, 9.17) is 0 Å². The SMILES string of the molecule is Cc1nc(C)c(C(=O)N(CCc2c[nH]c3ccccc23)Cc2cc3ccccc3n2C)s1. The van der Waals surface area contributed by atoms with E-state index in [1.807, 2.05) is 24.8 Å². The first-order chi connectivity index (χ1) is 15.5. The number of aromatic amines is 1. The second-order valence-electron chi connectivity index (χ2n) is 8.24. The molecule has 1 N–H and O–H groups in total. The molecule has 0 aliphatic carbocycles. The number of amides is 1. The van der Waals surface area contributed by atoms with E-state index in [9.17, 15) is 4.79 Å². The van der Waals surface area contributed by atoms with Crippen LogP contribution in [0.2, 0.25) is 0 Å². The predicted molar refractivity (Wildman–Crippen MR) is 131 cm³/mol. The van der Waals surface area contributed by atoms with Crippen molar-refractivity contribution >= 4 is 39.0 Å². The van der Waals surface area contributed by atoms with Gasteiger partial charge in [-0.05, 0) is 49.4 Å². The van der Waals surface area contributed by atoms with Crippen molar-refractivity contribution in [3.05, 3.63) is 87.6 Å². The predicted octanol–water partition coefficient (Wildman–Crippen LogP) is 5.62. The molecule has 2 aromatic carbocycles. The molecule has 1 amide bonds. The van der Waals surface area contributed by atoms with Crippen LogP contribution >= 0.6 is 11.3 Å². The molecule has 5 nitrogen and oxygen atoms in total. The van der Waals surface area contributed by atoms with Crippen molar-refractivity contribution in [2.45, 2.75) is 26.8 Å². The quantitative estimate of drug-likeness (QED) is 0.371. The number of nitrogens with one attached hydrogen (secondary N) is 1. The van der Waals surface area contributed by atoms with E-state index in [2.05, 4.69) is 76.3 Å². The number of carbonyl (C=O) groups excluding carboxylic acids is 1. The van der Waals surface area contributed by atoms with Crippen LogP contribution in [-0.4, -0.2) is 31.9 Å². The highest BCUT2D eigenvalue weighted by atomic mass is 32.1. The van der Waals surface area contributed by atoms with E-state index in [0.29, 0.717) is 13.1 Å². The lowest BCUT2D eigenvalue weighted by Crippen LogP contribution is -2.33. The average molecular weight is 443 g/mol.